The van der Waals surface area contributed by atoms with Crippen LogP contribution in [0.2, 0.25) is 0 Å². The highest BCUT2D eigenvalue weighted by Crippen LogP contribution is 2.16. The van der Waals surface area contributed by atoms with Crippen molar-refractivity contribution in [3.8, 4) is 0 Å². The highest BCUT2D eigenvalue weighted by molar-refractivity contribution is 5.21. The highest BCUT2D eigenvalue weighted by Gasteiger charge is 2.15. The van der Waals surface area contributed by atoms with Crippen molar-refractivity contribution in [1.82, 2.24) is 4.90 Å². The Bertz CT molecular complexity index is 387. The molecule has 2 N–H and O–H groups in total. The van der Waals surface area contributed by atoms with Crippen LogP contribution in [0.15, 0.2) is 18.2 Å². The minimum Gasteiger partial charge on any atom is -0.383 e. The average Bonchev–Trinajstić information content (AvgIpc) is 2.32. The Kier molecular flexibility index (Phi) is 5.65. The van der Waals surface area contributed by atoms with Crippen LogP contribution in [-0.2, 0) is 4.74 Å². The molecule has 1 aromatic rings. The number of hydrogen-bond acceptors (Lipinski definition) is 3. The smallest absolute Gasteiger partial charge is 0.159 e. The minimum atomic E-state index is -0.865. The normalized spacial score (nSPS) is 14.8. The molecular formula is C13H20F2N2O. The van der Waals surface area contributed by atoms with E-state index in [0.29, 0.717) is 18.7 Å². The van der Waals surface area contributed by atoms with Gasteiger partial charge in [-0.2, -0.15) is 0 Å². The summed E-state index contributed by atoms with van der Waals surface area (Å²) >= 11 is 0. The van der Waals surface area contributed by atoms with E-state index in [4.69, 9.17) is 10.5 Å². The maximum atomic E-state index is 13.1. The maximum Gasteiger partial charge on any atom is 0.159 e. The molecule has 0 aliphatic heterocycles. The first-order valence-electron chi connectivity index (χ1n) is 5.85. The molecule has 3 nitrogen and oxygen atoms in total. The summed E-state index contributed by atoms with van der Waals surface area (Å²) in [6, 6.07) is 3.62. The summed E-state index contributed by atoms with van der Waals surface area (Å²) in [7, 11) is 3.56. The number of methoxy groups -OCH3 is 1. The summed E-state index contributed by atoms with van der Waals surface area (Å²) in [5.41, 5.74) is 6.57. The van der Waals surface area contributed by atoms with E-state index in [-0.39, 0.29) is 12.1 Å². The third-order valence-corrected chi connectivity index (χ3v) is 3.02. The molecule has 0 bridgehead atoms. The quantitative estimate of drug-likeness (QED) is 0.847. The number of rotatable bonds is 6. The van der Waals surface area contributed by atoms with Crippen LogP contribution >= 0.6 is 0 Å². The van der Waals surface area contributed by atoms with Crippen molar-refractivity contribution < 1.29 is 13.5 Å². The molecule has 0 aromatic heterocycles. The van der Waals surface area contributed by atoms with Gasteiger partial charge in [-0.05, 0) is 31.7 Å². The largest absolute Gasteiger partial charge is 0.383 e. The van der Waals surface area contributed by atoms with E-state index in [0.717, 1.165) is 12.1 Å². The van der Waals surface area contributed by atoms with Crippen LogP contribution in [0.25, 0.3) is 0 Å². The molecule has 0 radical (unpaired) electrons. The standard InChI is InChI=1S/C13H20F2N2O/c1-9(8-18-3)17(2)7-13(16)10-4-5-11(14)12(15)6-10/h4-6,9,13H,7-8,16H2,1-3H3. The summed E-state index contributed by atoms with van der Waals surface area (Å²) in [4.78, 5) is 2.02. The van der Waals surface area contributed by atoms with Gasteiger partial charge in [0.15, 0.2) is 11.6 Å². The molecular weight excluding hydrogens is 238 g/mol. The Labute approximate surface area is 107 Å². The van der Waals surface area contributed by atoms with Gasteiger partial charge in [0.05, 0.1) is 6.61 Å². The number of ether oxygens (including phenoxy) is 1. The zero-order valence-corrected chi connectivity index (χ0v) is 11.0. The first kappa shape index (κ1) is 15.0. The third kappa shape index (κ3) is 4.01. The van der Waals surface area contributed by atoms with Gasteiger partial charge < -0.3 is 10.5 Å². The number of nitrogens with zero attached hydrogens (tertiary/aromatic N) is 1. The van der Waals surface area contributed by atoms with Crippen molar-refractivity contribution in [1.29, 1.82) is 0 Å². The molecule has 0 aliphatic carbocycles. The Morgan fingerprint density at radius 3 is 2.56 bits per heavy atom. The predicted octanol–water partition coefficient (Wildman–Crippen LogP) is 1.93. The maximum absolute atomic E-state index is 13.1. The lowest BCUT2D eigenvalue weighted by molar-refractivity contribution is 0.112. The average molecular weight is 258 g/mol. The van der Waals surface area contributed by atoms with Gasteiger partial charge in [0.2, 0.25) is 0 Å². The zero-order valence-electron chi connectivity index (χ0n) is 11.0. The van der Waals surface area contributed by atoms with Crippen LogP contribution in [0, 0.1) is 11.6 Å². The molecule has 2 atom stereocenters. The van der Waals surface area contributed by atoms with Crippen LogP contribution in [0.5, 0.6) is 0 Å². The lowest BCUT2D eigenvalue weighted by Gasteiger charge is -2.27. The molecule has 1 aromatic carbocycles. The number of likely N-dealkylation sites (N-methyl/N-ethyl adjacent to an activating group) is 1. The van der Waals surface area contributed by atoms with Crippen LogP contribution in [0.1, 0.15) is 18.5 Å². The van der Waals surface area contributed by atoms with Gasteiger partial charge in [-0.1, -0.05) is 6.07 Å². The Balaban J connectivity index is 2.64. The third-order valence-electron chi connectivity index (χ3n) is 3.02. The number of halogens is 2. The molecule has 0 saturated carbocycles. The second-order valence-corrected chi connectivity index (χ2v) is 4.52. The van der Waals surface area contributed by atoms with E-state index in [1.807, 2.05) is 18.9 Å². The monoisotopic (exact) mass is 258 g/mol. The molecule has 2 unspecified atom stereocenters. The summed E-state index contributed by atoms with van der Waals surface area (Å²) in [5, 5.41) is 0. The summed E-state index contributed by atoms with van der Waals surface area (Å²) in [5.74, 6) is -1.72. The molecule has 18 heavy (non-hydrogen) atoms. The first-order valence-corrected chi connectivity index (χ1v) is 5.85. The second kappa shape index (κ2) is 6.78. The molecule has 0 spiro atoms. The van der Waals surface area contributed by atoms with Gasteiger partial charge >= 0.3 is 0 Å². The fraction of sp³-hybridized carbons (Fsp3) is 0.538. The van der Waals surface area contributed by atoms with Gasteiger partial charge in [-0.25, -0.2) is 8.78 Å². The van der Waals surface area contributed by atoms with Crippen LogP contribution < -0.4 is 5.73 Å². The fourth-order valence-corrected chi connectivity index (χ4v) is 1.71. The van der Waals surface area contributed by atoms with Crippen molar-refractivity contribution in [2.45, 2.75) is 19.0 Å². The second-order valence-electron chi connectivity index (χ2n) is 4.52. The summed E-state index contributed by atoms with van der Waals surface area (Å²) < 4.78 is 31.0. The lowest BCUT2D eigenvalue weighted by Crippen LogP contribution is -2.38. The molecule has 0 fully saturated rings. The van der Waals surface area contributed by atoms with E-state index in [1.165, 1.54) is 6.07 Å². The van der Waals surface area contributed by atoms with Crippen molar-refractivity contribution in [2.24, 2.45) is 5.73 Å². The molecule has 0 amide bonds. The van der Waals surface area contributed by atoms with Gasteiger partial charge in [0, 0.05) is 25.7 Å². The van der Waals surface area contributed by atoms with Gasteiger partial charge in [0.25, 0.3) is 0 Å². The molecule has 1 rings (SSSR count). The Hall–Kier alpha value is -1.04. The van der Waals surface area contributed by atoms with E-state index < -0.39 is 11.6 Å². The van der Waals surface area contributed by atoms with Crippen LogP contribution in [0.4, 0.5) is 8.78 Å². The van der Waals surface area contributed by atoms with Crippen LogP contribution in [-0.4, -0.2) is 38.3 Å². The van der Waals surface area contributed by atoms with E-state index in [2.05, 4.69) is 0 Å². The van der Waals surface area contributed by atoms with Crippen molar-refractivity contribution >= 4 is 0 Å². The van der Waals surface area contributed by atoms with Crippen LogP contribution in [0.3, 0.4) is 0 Å². The van der Waals surface area contributed by atoms with E-state index in [9.17, 15) is 8.78 Å². The molecule has 5 heteroatoms. The summed E-state index contributed by atoms with van der Waals surface area (Å²) in [6.07, 6.45) is 0. The van der Waals surface area contributed by atoms with E-state index in [1.54, 1.807) is 7.11 Å². The van der Waals surface area contributed by atoms with Gasteiger partial charge in [-0.15, -0.1) is 0 Å². The predicted molar refractivity (Wildman–Crippen MR) is 67.3 cm³/mol. The number of hydrogen-bond donors (Lipinski definition) is 1. The van der Waals surface area contributed by atoms with Gasteiger partial charge in [0.1, 0.15) is 0 Å². The van der Waals surface area contributed by atoms with Crippen molar-refractivity contribution in [2.75, 3.05) is 27.3 Å². The molecule has 0 heterocycles. The lowest BCUT2D eigenvalue weighted by atomic mass is 10.1. The molecule has 0 aliphatic rings. The zero-order chi connectivity index (χ0) is 13.7. The Morgan fingerprint density at radius 2 is 2.00 bits per heavy atom. The number of benzene rings is 1. The molecule has 0 saturated heterocycles. The van der Waals surface area contributed by atoms with Crippen molar-refractivity contribution in [3.63, 3.8) is 0 Å². The van der Waals surface area contributed by atoms with Crippen molar-refractivity contribution in [3.05, 3.63) is 35.4 Å². The Morgan fingerprint density at radius 1 is 1.33 bits per heavy atom. The van der Waals surface area contributed by atoms with Gasteiger partial charge in [-0.3, -0.25) is 4.90 Å². The highest BCUT2D eigenvalue weighted by atomic mass is 19.2. The first-order chi connectivity index (χ1) is 8.45. The van der Waals surface area contributed by atoms with E-state index >= 15 is 0 Å². The topological polar surface area (TPSA) is 38.5 Å². The summed E-state index contributed by atoms with van der Waals surface area (Å²) in [6.45, 7) is 3.16. The fourth-order valence-electron chi connectivity index (χ4n) is 1.71. The molecule has 102 valence electrons. The SMILES string of the molecule is COCC(C)N(C)CC(N)c1ccc(F)c(F)c1. The minimum absolute atomic E-state index is 0.214. The number of nitrogens with two attached hydrogens (primary N) is 1.